The van der Waals surface area contributed by atoms with Crippen molar-refractivity contribution in [3.8, 4) is 0 Å². The maximum atomic E-state index is 12.7. The van der Waals surface area contributed by atoms with Gasteiger partial charge >= 0.3 is 19.8 Å². The number of hydrogen-bond acceptors (Lipinski definition) is 10. The van der Waals surface area contributed by atoms with Crippen LogP contribution in [-0.4, -0.2) is 75.3 Å². The van der Waals surface area contributed by atoms with Gasteiger partial charge in [-0.1, -0.05) is 167 Å². The highest BCUT2D eigenvalue weighted by molar-refractivity contribution is 7.48. The Balaban J connectivity index is 4.44. The third-order valence-corrected chi connectivity index (χ3v) is 10.9. The summed E-state index contributed by atoms with van der Waals surface area (Å²) in [5.74, 6) is -0.831. The highest BCUT2D eigenvalue weighted by Crippen LogP contribution is 2.48. The molecule has 0 rings (SSSR count). The molecular weight excluding hydrogens is 733 g/mol. The van der Waals surface area contributed by atoms with E-state index in [1.807, 2.05) is 21.1 Å². The van der Waals surface area contributed by atoms with Crippen molar-refractivity contribution < 1.29 is 52.1 Å². The van der Waals surface area contributed by atoms with Gasteiger partial charge in [0.25, 0.3) is 0 Å². The lowest BCUT2D eigenvalue weighted by Gasteiger charge is -2.24. The third-order valence-electron chi connectivity index (χ3n) is 9.86. The lowest BCUT2D eigenvalue weighted by Crippen LogP contribution is -2.37. The number of phosphoric acid groups is 1. The van der Waals surface area contributed by atoms with E-state index in [-0.39, 0.29) is 32.0 Å². The molecule has 2 atom stereocenters. The summed E-state index contributed by atoms with van der Waals surface area (Å²) in [6.45, 7) is 4.28. The minimum absolute atomic E-state index is 0.0314. The van der Waals surface area contributed by atoms with Crippen molar-refractivity contribution in [1.82, 2.24) is 0 Å². The topological polar surface area (TPSA) is 127 Å². The summed E-state index contributed by atoms with van der Waals surface area (Å²) in [7, 11) is 1.33. The number of carbonyl (C=O) groups excluding carboxylic acids is 2. The summed E-state index contributed by atoms with van der Waals surface area (Å²) < 4.78 is 37.9. The van der Waals surface area contributed by atoms with E-state index in [1.165, 1.54) is 116 Å². The van der Waals surface area contributed by atoms with Crippen molar-refractivity contribution in [2.24, 2.45) is 0 Å². The molecule has 0 aliphatic carbocycles. The van der Waals surface area contributed by atoms with Gasteiger partial charge in [0.05, 0.1) is 21.1 Å². The molecule has 0 aromatic carbocycles. The quantitative estimate of drug-likeness (QED) is 0.0121. The van der Waals surface area contributed by atoms with Crippen LogP contribution in [0.25, 0.3) is 0 Å². The van der Waals surface area contributed by atoms with Gasteiger partial charge in [0.1, 0.15) is 26.4 Å². The van der Waals surface area contributed by atoms with Crippen molar-refractivity contribution in [3.05, 3.63) is 12.2 Å². The second-order valence-corrected chi connectivity index (χ2v) is 18.0. The van der Waals surface area contributed by atoms with Gasteiger partial charge in [0.15, 0.2) is 6.10 Å². The summed E-state index contributed by atoms with van der Waals surface area (Å²) in [4.78, 5) is 30.3. The molecule has 0 spiro atoms. The minimum Gasteiger partial charge on any atom is -0.462 e. The Kier molecular flexibility index (Phi) is 38.2. The molecule has 0 saturated heterocycles. The number of esters is 2. The maximum Gasteiger partial charge on any atom is 0.529 e. The first-order chi connectivity index (χ1) is 27.0. The van der Waals surface area contributed by atoms with Crippen LogP contribution in [0.4, 0.5) is 0 Å². The summed E-state index contributed by atoms with van der Waals surface area (Å²) in [6, 6.07) is 0. The number of nitrogens with zero attached hydrogens (tertiary/aromatic N) is 1. The molecule has 0 aliphatic heterocycles. The van der Waals surface area contributed by atoms with Crippen LogP contribution in [0.1, 0.15) is 206 Å². The molecule has 332 valence electrons. The zero-order valence-electron chi connectivity index (χ0n) is 36.8. The van der Waals surface area contributed by atoms with E-state index in [2.05, 4.69) is 30.7 Å². The Hall–Kier alpha value is -1.33. The van der Waals surface area contributed by atoms with Crippen molar-refractivity contribution in [1.29, 1.82) is 0 Å². The fourth-order valence-electron chi connectivity index (χ4n) is 6.26. The molecule has 0 amide bonds. The van der Waals surface area contributed by atoms with E-state index < -0.39 is 26.5 Å². The standard InChI is InChI=1S/C44H86NO10P/c1-6-8-10-12-14-16-18-20-22-24-26-28-30-32-34-36-43(46)50-40-42(41-51-55-56(49,54-48)52-39-38-45(3,4)5)53-44(47)37-35-33-31-29-27-25-23-21-19-17-15-13-11-9-7-2/h20,22,42H,6-19,21,23-41H2,1-5H3/p+1/b22-20-. The van der Waals surface area contributed by atoms with E-state index in [0.717, 1.165) is 57.8 Å². The second-order valence-electron chi connectivity index (χ2n) is 16.6. The van der Waals surface area contributed by atoms with Crippen molar-refractivity contribution in [3.63, 3.8) is 0 Å². The summed E-state index contributed by atoms with van der Waals surface area (Å²) in [5.41, 5.74) is 0. The SMILES string of the molecule is CCCCCCCC/C=C\CCCCCCCC(=O)OCC(COOP(=O)(OO)OCC[N+](C)(C)C)OC(=O)CCCCCCCCCCCCCCCCC. The van der Waals surface area contributed by atoms with E-state index in [4.69, 9.17) is 28.8 Å². The molecule has 0 bridgehead atoms. The first-order valence-electron chi connectivity index (χ1n) is 22.7. The zero-order chi connectivity index (χ0) is 41.4. The Morgan fingerprint density at radius 1 is 0.589 bits per heavy atom. The molecule has 0 aromatic rings. The smallest absolute Gasteiger partial charge is 0.462 e. The highest BCUT2D eigenvalue weighted by atomic mass is 31.2. The normalized spacial score (nSPS) is 13.6. The molecule has 2 unspecified atom stereocenters. The minimum atomic E-state index is -4.43. The number of allylic oxidation sites excluding steroid dienone is 2. The van der Waals surface area contributed by atoms with E-state index in [0.29, 0.717) is 17.4 Å². The Morgan fingerprint density at radius 2 is 1.00 bits per heavy atom. The van der Waals surface area contributed by atoms with Crippen LogP contribution in [0.5, 0.6) is 0 Å². The number of unbranched alkanes of at least 4 members (excludes halogenated alkanes) is 25. The van der Waals surface area contributed by atoms with Crippen LogP contribution in [0.15, 0.2) is 12.2 Å². The van der Waals surface area contributed by atoms with Crippen molar-refractivity contribution >= 4 is 19.8 Å². The van der Waals surface area contributed by atoms with E-state index in [1.54, 1.807) is 0 Å². The molecule has 12 heteroatoms. The predicted octanol–water partition coefficient (Wildman–Crippen LogP) is 13.0. The Labute approximate surface area is 343 Å². The average molecular weight is 821 g/mol. The number of quaternary nitrogens is 1. The molecule has 0 radical (unpaired) electrons. The summed E-state index contributed by atoms with van der Waals surface area (Å²) in [5, 5.41) is 9.14. The van der Waals surface area contributed by atoms with Crippen LogP contribution in [0.3, 0.4) is 0 Å². The third kappa shape index (κ3) is 39.5. The largest absolute Gasteiger partial charge is 0.529 e. The van der Waals surface area contributed by atoms with Crippen LogP contribution >= 0.6 is 7.82 Å². The number of ether oxygens (including phenoxy) is 2. The van der Waals surface area contributed by atoms with Gasteiger partial charge in [-0.2, -0.15) is 0 Å². The molecule has 0 aromatic heterocycles. The van der Waals surface area contributed by atoms with Crippen molar-refractivity contribution in [2.75, 3.05) is 47.5 Å². The van der Waals surface area contributed by atoms with Gasteiger partial charge < -0.3 is 14.0 Å². The number of rotatable bonds is 43. The molecule has 11 nitrogen and oxygen atoms in total. The average Bonchev–Trinajstić information content (AvgIpc) is 3.16. The lowest BCUT2D eigenvalue weighted by molar-refractivity contribution is -0.870. The predicted molar refractivity (Wildman–Crippen MR) is 227 cm³/mol. The Morgan fingerprint density at radius 3 is 1.43 bits per heavy atom. The number of likely N-dealkylation sites (N-methyl/N-ethyl adjacent to an activating group) is 1. The molecule has 0 heterocycles. The molecule has 0 fully saturated rings. The fraction of sp³-hybridized carbons (Fsp3) is 0.909. The molecular formula is C44H87NO10P+. The zero-order valence-corrected chi connectivity index (χ0v) is 37.7. The van der Waals surface area contributed by atoms with Crippen LogP contribution in [0, 0.1) is 0 Å². The van der Waals surface area contributed by atoms with Crippen molar-refractivity contribution in [2.45, 2.75) is 213 Å². The lowest BCUT2D eigenvalue weighted by atomic mass is 10.0. The van der Waals surface area contributed by atoms with Crippen LogP contribution < -0.4 is 0 Å². The fourth-order valence-corrected chi connectivity index (χ4v) is 6.87. The van der Waals surface area contributed by atoms with Crippen LogP contribution in [0.2, 0.25) is 0 Å². The highest BCUT2D eigenvalue weighted by Gasteiger charge is 2.31. The number of carbonyl (C=O) groups is 2. The molecule has 0 saturated carbocycles. The number of hydrogen-bond donors (Lipinski definition) is 1. The monoisotopic (exact) mass is 821 g/mol. The van der Waals surface area contributed by atoms with Gasteiger partial charge in [-0.25, -0.2) is 14.7 Å². The summed E-state index contributed by atoms with van der Waals surface area (Å²) in [6.07, 6.45) is 37.9. The van der Waals surface area contributed by atoms with Gasteiger partial charge in [-0.15, -0.1) is 9.35 Å². The maximum absolute atomic E-state index is 12.7. The van der Waals surface area contributed by atoms with Gasteiger partial charge in [-0.05, 0) is 38.5 Å². The molecule has 0 aliphatic rings. The van der Waals surface area contributed by atoms with E-state index >= 15 is 0 Å². The molecule has 1 N–H and O–H groups in total. The van der Waals surface area contributed by atoms with Gasteiger partial charge in [0.2, 0.25) is 0 Å². The van der Waals surface area contributed by atoms with Crippen LogP contribution in [-0.2, 0) is 42.4 Å². The van der Waals surface area contributed by atoms with Gasteiger partial charge in [-0.3, -0.25) is 14.1 Å². The molecule has 56 heavy (non-hydrogen) atoms. The van der Waals surface area contributed by atoms with E-state index in [9.17, 15) is 14.2 Å². The first kappa shape index (κ1) is 54.7. The first-order valence-corrected chi connectivity index (χ1v) is 24.2. The van der Waals surface area contributed by atoms with Gasteiger partial charge in [0, 0.05) is 12.8 Å². The second kappa shape index (κ2) is 39.1. The summed E-state index contributed by atoms with van der Waals surface area (Å²) >= 11 is 0. The Bertz CT molecular complexity index is 974.